The van der Waals surface area contributed by atoms with E-state index in [0.717, 1.165) is 19.5 Å². The average Bonchev–Trinajstić information content (AvgIpc) is 2.83. The topological polar surface area (TPSA) is 99.7 Å². The van der Waals surface area contributed by atoms with E-state index in [9.17, 15) is 13.2 Å². The van der Waals surface area contributed by atoms with E-state index in [-0.39, 0.29) is 35.6 Å². The van der Waals surface area contributed by atoms with E-state index >= 15 is 0 Å². The lowest BCUT2D eigenvalue weighted by Crippen LogP contribution is -2.31. The van der Waals surface area contributed by atoms with Crippen LogP contribution in [0.25, 0.3) is 0 Å². The first kappa shape index (κ1) is 18.4. The third-order valence-electron chi connectivity index (χ3n) is 3.71. The molecule has 9 heteroatoms. The molecule has 0 aromatic heterocycles. The van der Waals surface area contributed by atoms with Crippen LogP contribution in [0.5, 0.6) is 0 Å². The van der Waals surface area contributed by atoms with Crippen LogP contribution < -0.4 is 15.4 Å². The van der Waals surface area contributed by atoms with Crippen LogP contribution in [0.15, 0.2) is 45.8 Å². The number of fused-ring (bicyclic) bond motifs is 1. The number of halogens is 1. The molecule has 3 rings (SSSR count). The van der Waals surface area contributed by atoms with Crippen molar-refractivity contribution in [2.24, 2.45) is 4.99 Å². The molecule has 3 N–H and O–H groups in total. The number of amidine groups is 1. The zero-order valence-electron chi connectivity index (χ0n) is 12.9. The van der Waals surface area contributed by atoms with Gasteiger partial charge in [-0.3, -0.25) is 14.5 Å². The van der Waals surface area contributed by atoms with Gasteiger partial charge in [-0.15, -0.1) is 12.4 Å². The van der Waals surface area contributed by atoms with E-state index in [1.807, 2.05) is 0 Å². The first-order valence-corrected chi connectivity index (χ1v) is 8.86. The zero-order valence-corrected chi connectivity index (χ0v) is 14.5. The number of sulfonamides is 1. The van der Waals surface area contributed by atoms with Gasteiger partial charge in [-0.2, -0.15) is 0 Å². The second kappa shape index (κ2) is 7.78. The van der Waals surface area contributed by atoms with Crippen molar-refractivity contribution in [3.05, 3.63) is 41.5 Å². The molecule has 0 saturated carbocycles. The Hall–Kier alpha value is -1.90. The fourth-order valence-corrected chi connectivity index (χ4v) is 3.75. The molecule has 0 unspecified atom stereocenters. The molecule has 130 valence electrons. The lowest BCUT2D eigenvalue weighted by molar-refractivity contribution is -0.119. The quantitative estimate of drug-likeness (QED) is 0.658. The first-order chi connectivity index (χ1) is 11.1. The predicted molar refractivity (Wildman–Crippen MR) is 94.0 cm³/mol. The van der Waals surface area contributed by atoms with Crippen LogP contribution in [-0.2, 0) is 14.8 Å². The first-order valence-electron chi connectivity index (χ1n) is 7.38. The summed E-state index contributed by atoms with van der Waals surface area (Å²) in [6.45, 7) is 2.14. The van der Waals surface area contributed by atoms with Crippen molar-refractivity contribution in [1.82, 2.24) is 15.4 Å². The molecule has 0 radical (unpaired) electrons. The third-order valence-corrected chi connectivity index (χ3v) is 5.11. The standard InChI is InChI=1S/C15H18N4O3S.ClH/c20-14(17-9-11-5-7-16-8-6-11)10-18-15-12-3-1-2-4-13(12)23(21,22)19-15;/h1-5,16H,6-10H2,(H,17,20)(H,18,19);1H. The van der Waals surface area contributed by atoms with Gasteiger partial charge in [0.05, 0.1) is 4.90 Å². The second-order valence-corrected chi connectivity index (χ2v) is 7.01. The molecule has 0 spiro atoms. The highest BCUT2D eigenvalue weighted by Gasteiger charge is 2.30. The zero-order chi connectivity index (χ0) is 16.3. The Morgan fingerprint density at radius 1 is 1.29 bits per heavy atom. The number of nitrogens with one attached hydrogen (secondary N) is 3. The van der Waals surface area contributed by atoms with Gasteiger partial charge >= 0.3 is 0 Å². The van der Waals surface area contributed by atoms with Gasteiger partial charge < -0.3 is 10.6 Å². The third kappa shape index (κ3) is 4.14. The van der Waals surface area contributed by atoms with Crippen molar-refractivity contribution >= 4 is 34.2 Å². The van der Waals surface area contributed by atoms with Crippen molar-refractivity contribution < 1.29 is 13.2 Å². The minimum Gasteiger partial charge on any atom is -0.351 e. The molecule has 7 nitrogen and oxygen atoms in total. The molecular formula is C15H19ClN4O3S. The maximum atomic E-state index is 11.9. The Bertz CT molecular complexity index is 790. The van der Waals surface area contributed by atoms with Crippen molar-refractivity contribution in [3.63, 3.8) is 0 Å². The molecule has 1 aromatic carbocycles. The molecule has 0 aliphatic carbocycles. The average molecular weight is 371 g/mol. The van der Waals surface area contributed by atoms with Gasteiger partial charge in [-0.1, -0.05) is 23.8 Å². The minimum absolute atomic E-state index is 0. The molecule has 24 heavy (non-hydrogen) atoms. The van der Waals surface area contributed by atoms with E-state index in [2.05, 4.69) is 26.4 Å². The van der Waals surface area contributed by atoms with Crippen LogP contribution in [0.2, 0.25) is 0 Å². The highest BCUT2D eigenvalue weighted by molar-refractivity contribution is 7.90. The number of amides is 1. The number of aliphatic imine (C=N–C) groups is 1. The van der Waals surface area contributed by atoms with Crippen LogP contribution in [-0.4, -0.2) is 46.3 Å². The Kier molecular flexibility index (Phi) is 5.98. The van der Waals surface area contributed by atoms with Crippen molar-refractivity contribution in [2.75, 3.05) is 26.2 Å². The van der Waals surface area contributed by atoms with Crippen LogP contribution in [0.1, 0.15) is 12.0 Å². The Labute approximate surface area is 147 Å². The lowest BCUT2D eigenvalue weighted by atomic mass is 10.1. The second-order valence-electron chi connectivity index (χ2n) is 5.36. The lowest BCUT2D eigenvalue weighted by Gasteiger charge is -2.14. The smallest absolute Gasteiger partial charge is 0.263 e. The fraction of sp³-hybridized carbons (Fsp3) is 0.333. The van der Waals surface area contributed by atoms with Crippen molar-refractivity contribution in [1.29, 1.82) is 0 Å². The van der Waals surface area contributed by atoms with E-state index < -0.39 is 10.0 Å². The van der Waals surface area contributed by atoms with Gasteiger partial charge in [0.25, 0.3) is 10.0 Å². The summed E-state index contributed by atoms with van der Waals surface area (Å²) >= 11 is 0. The Balaban J connectivity index is 0.00000208. The molecule has 1 aromatic rings. The highest BCUT2D eigenvalue weighted by Crippen LogP contribution is 2.21. The van der Waals surface area contributed by atoms with Crippen molar-refractivity contribution in [2.45, 2.75) is 11.3 Å². The number of rotatable bonds is 4. The SMILES string of the molecule is Cl.O=C(CN=C1NS(=O)(=O)c2ccccc21)NCC1=CCNCC1. The molecule has 0 saturated heterocycles. The number of carbonyl (C=O) groups is 1. The fourth-order valence-electron chi connectivity index (χ4n) is 2.50. The monoisotopic (exact) mass is 370 g/mol. The number of benzene rings is 1. The normalized spacial score (nSPS) is 19.7. The van der Waals surface area contributed by atoms with Gasteiger partial charge in [-0.25, -0.2) is 8.42 Å². The summed E-state index contributed by atoms with van der Waals surface area (Å²) < 4.78 is 26.2. The van der Waals surface area contributed by atoms with Gasteiger partial charge in [0.2, 0.25) is 5.91 Å². The highest BCUT2D eigenvalue weighted by atomic mass is 35.5. The van der Waals surface area contributed by atoms with E-state index in [0.29, 0.717) is 12.1 Å². The molecule has 0 fully saturated rings. The number of nitrogens with zero attached hydrogens (tertiary/aromatic N) is 1. The minimum atomic E-state index is -3.56. The van der Waals surface area contributed by atoms with Crippen LogP contribution in [0.4, 0.5) is 0 Å². The summed E-state index contributed by atoms with van der Waals surface area (Å²) in [7, 11) is -3.56. The Morgan fingerprint density at radius 3 is 2.83 bits per heavy atom. The molecule has 2 aliphatic heterocycles. The van der Waals surface area contributed by atoms with Gasteiger partial charge in [-0.05, 0) is 25.1 Å². The number of hydrogen-bond donors (Lipinski definition) is 3. The van der Waals surface area contributed by atoms with Crippen LogP contribution in [0, 0.1) is 0 Å². The number of hydrogen-bond acceptors (Lipinski definition) is 5. The summed E-state index contributed by atoms with van der Waals surface area (Å²) in [6.07, 6.45) is 2.99. The van der Waals surface area contributed by atoms with E-state index in [1.165, 1.54) is 11.6 Å². The Morgan fingerprint density at radius 2 is 2.08 bits per heavy atom. The molecule has 1 amide bonds. The van der Waals surface area contributed by atoms with Crippen LogP contribution in [0.3, 0.4) is 0 Å². The maximum absolute atomic E-state index is 11.9. The molecule has 2 heterocycles. The van der Waals surface area contributed by atoms with E-state index in [4.69, 9.17) is 0 Å². The summed E-state index contributed by atoms with van der Waals surface area (Å²) in [5.74, 6) is -0.0163. The van der Waals surface area contributed by atoms with Gasteiger partial charge in [0.15, 0.2) is 0 Å². The summed E-state index contributed by atoms with van der Waals surface area (Å²) in [6, 6.07) is 6.58. The van der Waals surface area contributed by atoms with Crippen molar-refractivity contribution in [3.8, 4) is 0 Å². The summed E-state index contributed by atoms with van der Waals surface area (Å²) in [5, 5.41) is 6.01. The largest absolute Gasteiger partial charge is 0.351 e. The summed E-state index contributed by atoms with van der Waals surface area (Å²) in [4.78, 5) is 16.2. The van der Waals surface area contributed by atoms with E-state index in [1.54, 1.807) is 18.2 Å². The molecule has 0 atom stereocenters. The number of carbonyl (C=O) groups excluding carboxylic acids is 1. The summed E-state index contributed by atoms with van der Waals surface area (Å²) in [5.41, 5.74) is 1.69. The molecule has 2 aliphatic rings. The molecule has 0 bridgehead atoms. The van der Waals surface area contributed by atoms with Gasteiger partial charge in [0.1, 0.15) is 12.4 Å². The van der Waals surface area contributed by atoms with Gasteiger partial charge in [0, 0.05) is 18.7 Å². The molecular weight excluding hydrogens is 352 g/mol. The van der Waals surface area contributed by atoms with Crippen LogP contribution >= 0.6 is 12.4 Å². The maximum Gasteiger partial charge on any atom is 0.263 e. The predicted octanol–water partition coefficient (Wildman–Crippen LogP) is 0.183.